The summed E-state index contributed by atoms with van der Waals surface area (Å²) in [4.78, 5) is 59.8. The van der Waals surface area contributed by atoms with E-state index in [2.05, 4.69) is 15.9 Å². The summed E-state index contributed by atoms with van der Waals surface area (Å²) in [6.07, 6.45) is 4.63. The van der Waals surface area contributed by atoms with Crippen LogP contribution in [0.2, 0.25) is 0 Å². The predicted octanol–water partition coefficient (Wildman–Crippen LogP) is 7.75. The first-order chi connectivity index (χ1) is 21.7. The zero-order chi connectivity index (χ0) is 31.8. The summed E-state index contributed by atoms with van der Waals surface area (Å²) in [5.74, 6) is -1.88. The van der Waals surface area contributed by atoms with Gasteiger partial charge in [-0.25, -0.2) is 9.78 Å². The number of aryl methyl sites for hydroxylation is 1. The van der Waals surface area contributed by atoms with Gasteiger partial charge in [-0.3, -0.25) is 19.3 Å². The van der Waals surface area contributed by atoms with Gasteiger partial charge in [0.15, 0.2) is 6.10 Å². The number of benzene rings is 3. The maximum Gasteiger partial charge on any atom is 0.339 e. The lowest BCUT2D eigenvalue weighted by Crippen LogP contribution is -2.31. The number of esters is 1. The summed E-state index contributed by atoms with van der Waals surface area (Å²) in [5, 5.41) is 0.618. The van der Waals surface area contributed by atoms with Crippen LogP contribution < -0.4 is 4.90 Å². The van der Waals surface area contributed by atoms with Gasteiger partial charge in [0.25, 0.3) is 0 Å². The second-order valence-corrected chi connectivity index (χ2v) is 12.5. The molecule has 2 amide bonds. The minimum atomic E-state index is -0.944. The number of Topliss-reactive ketones (excluding diaryl/α,β-unsaturated/α-hetero) is 1. The Morgan fingerprint density at radius 1 is 1.00 bits per heavy atom. The molecular weight excluding hydrogens is 632 g/mol. The molecule has 4 atom stereocenters. The van der Waals surface area contributed by atoms with E-state index in [-0.39, 0.29) is 35.4 Å². The zero-order valence-electron chi connectivity index (χ0n) is 25.3. The van der Waals surface area contributed by atoms with Crippen molar-refractivity contribution in [2.45, 2.75) is 46.1 Å². The fourth-order valence-corrected chi connectivity index (χ4v) is 6.94. The molecule has 6 rings (SSSR count). The molecule has 1 fully saturated rings. The minimum absolute atomic E-state index is 0.00698. The minimum Gasteiger partial charge on any atom is -0.450 e. The molecule has 4 unspecified atom stereocenters. The van der Waals surface area contributed by atoms with E-state index in [1.54, 1.807) is 54.6 Å². The molecule has 3 aromatic carbocycles. The number of carbonyl (C=O) groups is 4. The molecule has 228 valence electrons. The van der Waals surface area contributed by atoms with Crippen molar-refractivity contribution >= 4 is 56.1 Å². The topological polar surface area (TPSA) is 93.6 Å². The Bertz CT molecular complexity index is 1850. The second kappa shape index (κ2) is 12.5. The fourth-order valence-electron chi connectivity index (χ4n) is 6.43. The van der Waals surface area contributed by atoms with E-state index in [4.69, 9.17) is 9.72 Å². The van der Waals surface area contributed by atoms with Crippen molar-refractivity contribution in [2.24, 2.45) is 17.8 Å². The van der Waals surface area contributed by atoms with Gasteiger partial charge in [-0.2, -0.15) is 0 Å². The van der Waals surface area contributed by atoms with Gasteiger partial charge in [-0.15, -0.1) is 0 Å². The monoisotopic (exact) mass is 664 g/mol. The van der Waals surface area contributed by atoms with Gasteiger partial charge >= 0.3 is 5.97 Å². The summed E-state index contributed by atoms with van der Waals surface area (Å²) in [7, 11) is 0. The van der Waals surface area contributed by atoms with E-state index in [1.165, 1.54) is 4.90 Å². The summed E-state index contributed by atoms with van der Waals surface area (Å²) in [5.41, 5.74) is 4.13. The van der Waals surface area contributed by atoms with Crippen molar-refractivity contribution in [1.82, 2.24) is 4.98 Å². The van der Waals surface area contributed by atoms with Crippen LogP contribution in [0.15, 0.2) is 89.4 Å². The molecule has 1 aliphatic heterocycles. The van der Waals surface area contributed by atoms with Gasteiger partial charge in [-0.05, 0) is 61.1 Å². The summed E-state index contributed by atoms with van der Waals surface area (Å²) >= 11 is 3.57. The third kappa shape index (κ3) is 5.63. The van der Waals surface area contributed by atoms with Crippen LogP contribution in [0.5, 0.6) is 0 Å². The first kappa shape index (κ1) is 30.6. The standard InChI is InChI=1S/C37H33BrN2O5/c1-4-22-18-25(38)19-28-29(37(44)45-31(5-2)34(41)24-11-7-6-8-12-24)20-30(39-33(22)28)23-14-16-26(17-15-23)40-35(42)27-13-9-10-21(3)32(27)36(40)43/h6-12,14-21,27,31-32H,4-5,13H2,1-3H3. The normalized spacial score (nSPS) is 19.9. The Balaban J connectivity index is 1.36. The van der Waals surface area contributed by atoms with Crippen LogP contribution in [-0.2, 0) is 20.7 Å². The maximum absolute atomic E-state index is 13.8. The molecule has 0 bridgehead atoms. The van der Waals surface area contributed by atoms with Gasteiger partial charge in [-0.1, -0.05) is 91.3 Å². The first-order valence-corrected chi connectivity index (χ1v) is 16.1. The molecule has 0 saturated carbocycles. The molecule has 2 aliphatic rings. The van der Waals surface area contributed by atoms with Crippen LogP contribution in [0.25, 0.3) is 22.2 Å². The number of carbonyl (C=O) groups excluding carboxylic acids is 4. The van der Waals surface area contributed by atoms with Gasteiger partial charge in [0.1, 0.15) is 0 Å². The number of rotatable bonds is 8. The molecule has 0 radical (unpaired) electrons. The van der Waals surface area contributed by atoms with Crippen LogP contribution in [0.3, 0.4) is 0 Å². The number of amides is 2. The second-order valence-electron chi connectivity index (χ2n) is 11.6. The average molecular weight is 666 g/mol. The highest BCUT2D eigenvalue weighted by atomic mass is 79.9. The number of ketones is 1. The highest BCUT2D eigenvalue weighted by Gasteiger charge is 2.50. The van der Waals surface area contributed by atoms with Gasteiger partial charge in [0.2, 0.25) is 17.6 Å². The smallest absolute Gasteiger partial charge is 0.339 e. The number of aromatic nitrogens is 1. The number of pyridine rings is 1. The highest BCUT2D eigenvalue weighted by molar-refractivity contribution is 9.10. The lowest BCUT2D eigenvalue weighted by atomic mass is 9.78. The van der Waals surface area contributed by atoms with E-state index < -0.39 is 12.1 Å². The van der Waals surface area contributed by atoms with Crippen molar-refractivity contribution < 1.29 is 23.9 Å². The molecule has 1 aromatic heterocycles. The van der Waals surface area contributed by atoms with Crippen molar-refractivity contribution in [1.29, 1.82) is 0 Å². The van der Waals surface area contributed by atoms with Crippen molar-refractivity contribution in [3.05, 3.63) is 106 Å². The Hall–Kier alpha value is -4.43. The number of ether oxygens (including phenoxy) is 1. The number of hydrogen-bond acceptors (Lipinski definition) is 6. The van der Waals surface area contributed by atoms with Crippen molar-refractivity contribution in [3.63, 3.8) is 0 Å². The number of allylic oxidation sites excluding steroid dienone is 2. The molecule has 8 heteroatoms. The molecule has 1 aliphatic carbocycles. The lowest BCUT2D eigenvalue weighted by molar-refractivity contribution is -0.122. The molecule has 1 saturated heterocycles. The number of halogens is 1. The highest BCUT2D eigenvalue weighted by Crippen LogP contribution is 2.41. The molecular formula is C37H33BrN2O5. The number of anilines is 1. The van der Waals surface area contributed by atoms with E-state index >= 15 is 0 Å². The number of fused-ring (bicyclic) bond motifs is 2. The Labute approximate surface area is 270 Å². The van der Waals surface area contributed by atoms with Crippen LogP contribution in [-0.4, -0.2) is 34.7 Å². The number of nitrogens with zero attached hydrogens (tertiary/aromatic N) is 2. The predicted molar refractivity (Wildman–Crippen MR) is 177 cm³/mol. The fraction of sp³-hybridized carbons (Fsp3) is 0.270. The number of hydrogen-bond donors (Lipinski definition) is 0. The zero-order valence-corrected chi connectivity index (χ0v) is 26.9. The van der Waals surface area contributed by atoms with Crippen LogP contribution in [0.1, 0.15) is 59.9 Å². The van der Waals surface area contributed by atoms with Crippen molar-refractivity contribution in [3.8, 4) is 11.3 Å². The Kier molecular flexibility index (Phi) is 8.51. The first-order valence-electron chi connectivity index (χ1n) is 15.3. The molecule has 45 heavy (non-hydrogen) atoms. The third-order valence-electron chi connectivity index (χ3n) is 8.82. The number of imide groups is 1. The third-order valence-corrected chi connectivity index (χ3v) is 9.28. The lowest BCUT2D eigenvalue weighted by Gasteiger charge is -2.22. The molecule has 4 aromatic rings. The maximum atomic E-state index is 13.8. The van der Waals surface area contributed by atoms with Gasteiger partial charge in [0.05, 0.1) is 34.3 Å². The summed E-state index contributed by atoms with van der Waals surface area (Å²) in [6, 6.07) is 21.4. The Morgan fingerprint density at radius 2 is 1.73 bits per heavy atom. The van der Waals surface area contributed by atoms with E-state index in [0.717, 1.165) is 10.0 Å². The summed E-state index contributed by atoms with van der Waals surface area (Å²) < 4.78 is 6.66. The van der Waals surface area contributed by atoms with Crippen LogP contribution in [0.4, 0.5) is 5.69 Å². The Morgan fingerprint density at radius 3 is 2.40 bits per heavy atom. The van der Waals surface area contributed by atoms with E-state index in [1.807, 2.05) is 51.1 Å². The van der Waals surface area contributed by atoms with Crippen LogP contribution in [0, 0.1) is 17.8 Å². The molecule has 2 heterocycles. The average Bonchev–Trinajstić information content (AvgIpc) is 3.32. The quantitative estimate of drug-likeness (QED) is 0.0828. The van der Waals surface area contributed by atoms with E-state index in [9.17, 15) is 19.2 Å². The summed E-state index contributed by atoms with van der Waals surface area (Å²) in [6.45, 7) is 5.80. The van der Waals surface area contributed by atoms with Gasteiger partial charge in [0, 0.05) is 21.0 Å². The van der Waals surface area contributed by atoms with Gasteiger partial charge < -0.3 is 4.74 Å². The molecule has 0 N–H and O–H groups in total. The molecule has 0 spiro atoms. The van der Waals surface area contributed by atoms with Crippen molar-refractivity contribution in [2.75, 3.05) is 4.90 Å². The van der Waals surface area contributed by atoms with E-state index in [0.29, 0.717) is 58.2 Å². The van der Waals surface area contributed by atoms with Crippen LogP contribution >= 0.6 is 15.9 Å². The largest absolute Gasteiger partial charge is 0.450 e. The molecule has 7 nitrogen and oxygen atoms in total. The SMILES string of the molecule is CCc1cc(Br)cc2c(C(=O)OC(CC)C(=O)c3ccccc3)cc(-c3ccc(N4C(=O)C5CC=CC(C)C5C4=O)cc3)nc12.